The van der Waals surface area contributed by atoms with Crippen molar-refractivity contribution in [1.29, 1.82) is 0 Å². The molecule has 1 heterocycles. The number of sulfonamides is 1. The quantitative estimate of drug-likeness (QED) is 0.437. The molecule has 0 aliphatic carbocycles. The molecule has 1 saturated heterocycles. The lowest BCUT2D eigenvalue weighted by atomic mass is 10.0. The molecule has 0 spiro atoms. The third kappa shape index (κ3) is 4.46. The summed E-state index contributed by atoms with van der Waals surface area (Å²) < 4.78 is 32.9. The van der Waals surface area contributed by atoms with Crippen LogP contribution in [0, 0.1) is 0 Å². The number of amides is 1. The molecule has 0 aromatic heterocycles. The van der Waals surface area contributed by atoms with Crippen LogP contribution in [0.15, 0.2) is 65.6 Å². The number of ether oxygens (including phenoxy) is 1. The second-order valence-corrected chi connectivity index (χ2v) is 9.29. The van der Waals surface area contributed by atoms with Gasteiger partial charge in [0.25, 0.3) is 0 Å². The number of carbonyl (C=O) groups excluding carboxylic acids is 1. The summed E-state index contributed by atoms with van der Waals surface area (Å²) >= 11 is 0. The molecule has 1 aliphatic heterocycles. The number of anilines is 1. The van der Waals surface area contributed by atoms with E-state index in [9.17, 15) is 13.2 Å². The van der Waals surface area contributed by atoms with Crippen LogP contribution >= 0.6 is 0 Å². The molecule has 9 heteroatoms. The van der Waals surface area contributed by atoms with Gasteiger partial charge in [-0.1, -0.05) is 49.4 Å². The molecule has 3 aromatic carbocycles. The first-order valence-electron chi connectivity index (χ1n) is 10.4. The molecule has 168 valence electrons. The molecular weight excluding hydrogens is 428 g/mol. The maximum atomic E-state index is 12.9. The normalized spacial score (nSPS) is 18.6. The van der Waals surface area contributed by atoms with Crippen molar-refractivity contribution in [3.8, 4) is 5.75 Å². The second-order valence-electron chi connectivity index (χ2n) is 7.56. The number of nitrogens with one attached hydrogen (secondary N) is 4. The van der Waals surface area contributed by atoms with E-state index < -0.39 is 16.1 Å². The fourth-order valence-corrected chi connectivity index (χ4v) is 5.13. The van der Waals surface area contributed by atoms with Gasteiger partial charge in [0.1, 0.15) is 16.7 Å². The molecule has 0 saturated carbocycles. The highest BCUT2D eigenvalue weighted by Crippen LogP contribution is 2.31. The van der Waals surface area contributed by atoms with Gasteiger partial charge in [0.2, 0.25) is 15.9 Å². The molecule has 3 aromatic rings. The first kappa shape index (κ1) is 22.2. The van der Waals surface area contributed by atoms with E-state index in [1.807, 2.05) is 42.5 Å². The molecular formula is C23H26N4O4S. The van der Waals surface area contributed by atoms with E-state index in [4.69, 9.17) is 4.74 Å². The van der Waals surface area contributed by atoms with E-state index >= 15 is 0 Å². The molecule has 4 N–H and O–H groups in total. The van der Waals surface area contributed by atoms with E-state index in [1.54, 1.807) is 25.1 Å². The summed E-state index contributed by atoms with van der Waals surface area (Å²) in [5.74, 6) is 0.108. The smallest absolute Gasteiger partial charge is 0.244 e. The summed E-state index contributed by atoms with van der Waals surface area (Å²) in [4.78, 5) is 13.0. The highest BCUT2D eigenvalue weighted by atomic mass is 32.2. The number of hydrazine groups is 1. The van der Waals surface area contributed by atoms with E-state index in [-0.39, 0.29) is 29.1 Å². The topological polar surface area (TPSA) is 109 Å². The van der Waals surface area contributed by atoms with Crippen LogP contribution in [-0.2, 0) is 14.8 Å². The lowest BCUT2D eigenvalue weighted by molar-refractivity contribution is -0.117. The Morgan fingerprint density at radius 1 is 1.09 bits per heavy atom. The van der Waals surface area contributed by atoms with Gasteiger partial charge in [-0.25, -0.2) is 24.0 Å². The molecule has 1 amide bonds. The summed E-state index contributed by atoms with van der Waals surface area (Å²) in [6, 6.07) is 17.9. The average Bonchev–Trinajstić information content (AvgIpc) is 3.29. The van der Waals surface area contributed by atoms with Crippen molar-refractivity contribution in [3.63, 3.8) is 0 Å². The zero-order chi connectivity index (χ0) is 22.7. The maximum absolute atomic E-state index is 12.9. The summed E-state index contributed by atoms with van der Waals surface area (Å²) in [7, 11) is -2.27. The Morgan fingerprint density at radius 3 is 2.66 bits per heavy atom. The molecule has 4 rings (SSSR count). The predicted octanol–water partition coefficient (Wildman–Crippen LogP) is 2.69. The molecule has 1 aliphatic rings. The maximum Gasteiger partial charge on any atom is 0.244 e. The predicted molar refractivity (Wildman–Crippen MR) is 124 cm³/mol. The summed E-state index contributed by atoms with van der Waals surface area (Å²) in [6.07, 6.45) is 0.462. The summed E-state index contributed by atoms with van der Waals surface area (Å²) in [5.41, 5.74) is 7.63. The first-order valence-corrected chi connectivity index (χ1v) is 11.9. The van der Waals surface area contributed by atoms with Gasteiger partial charge in [-0.3, -0.25) is 4.79 Å². The Balaban J connectivity index is 1.51. The van der Waals surface area contributed by atoms with Crippen molar-refractivity contribution >= 4 is 32.4 Å². The molecule has 2 unspecified atom stereocenters. The minimum atomic E-state index is -3.70. The molecule has 0 bridgehead atoms. The third-order valence-electron chi connectivity index (χ3n) is 5.48. The van der Waals surface area contributed by atoms with Crippen LogP contribution in [-0.4, -0.2) is 34.0 Å². The number of rotatable bonds is 7. The lowest BCUT2D eigenvalue weighted by Gasteiger charge is -2.15. The van der Waals surface area contributed by atoms with E-state index in [1.165, 1.54) is 7.11 Å². The minimum Gasteiger partial charge on any atom is -0.495 e. The second kappa shape index (κ2) is 9.25. The van der Waals surface area contributed by atoms with Crippen LogP contribution in [0.25, 0.3) is 10.8 Å². The van der Waals surface area contributed by atoms with E-state index in [0.717, 1.165) is 22.0 Å². The molecule has 32 heavy (non-hydrogen) atoms. The number of benzene rings is 3. The van der Waals surface area contributed by atoms with Crippen LogP contribution in [0.5, 0.6) is 5.75 Å². The largest absolute Gasteiger partial charge is 0.495 e. The zero-order valence-corrected chi connectivity index (χ0v) is 18.7. The average molecular weight is 455 g/mol. The summed E-state index contributed by atoms with van der Waals surface area (Å²) in [5, 5.41) is 5.02. The van der Waals surface area contributed by atoms with Crippen LogP contribution in [0.4, 0.5) is 5.69 Å². The highest BCUT2D eigenvalue weighted by Gasteiger charge is 2.31. The van der Waals surface area contributed by atoms with Gasteiger partial charge in [0.15, 0.2) is 0 Å². The van der Waals surface area contributed by atoms with Crippen molar-refractivity contribution in [1.82, 2.24) is 15.6 Å². The number of fused-ring (bicyclic) bond motifs is 1. The standard InChI is InChI=1S/C23H26N4O4S/c1-3-24-32(29,30)22-13-16(11-12-21(22)31-2)19-14-20(27-26-19)23(28)25-18-10-6-8-15-7-4-5-9-17(15)18/h4-13,19-20,24,26-27H,3,14H2,1-2H3,(H,25,28). The SMILES string of the molecule is CCNS(=O)(=O)c1cc(C2CC(C(=O)Nc3cccc4ccccc34)NN2)ccc1OC. The van der Waals surface area contributed by atoms with Gasteiger partial charge < -0.3 is 10.1 Å². The van der Waals surface area contributed by atoms with E-state index in [2.05, 4.69) is 20.9 Å². The number of carbonyl (C=O) groups is 1. The van der Waals surface area contributed by atoms with Crippen LogP contribution in [0.2, 0.25) is 0 Å². The van der Waals surface area contributed by atoms with Crippen LogP contribution in [0.1, 0.15) is 24.9 Å². The number of hydrogen-bond acceptors (Lipinski definition) is 6. The Labute approximate surface area is 187 Å². The monoisotopic (exact) mass is 454 g/mol. The van der Waals surface area contributed by atoms with Crippen LogP contribution in [0.3, 0.4) is 0 Å². The van der Waals surface area contributed by atoms with Gasteiger partial charge >= 0.3 is 0 Å². The van der Waals surface area contributed by atoms with Crippen molar-refractivity contribution in [2.75, 3.05) is 19.0 Å². The van der Waals surface area contributed by atoms with Gasteiger partial charge in [-0.15, -0.1) is 0 Å². The van der Waals surface area contributed by atoms with Crippen molar-refractivity contribution in [3.05, 3.63) is 66.2 Å². The van der Waals surface area contributed by atoms with Gasteiger partial charge in [0, 0.05) is 23.7 Å². The Kier molecular flexibility index (Phi) is 6.43. The van der Waals surface area contributed by atoms with E-state index in [0.29, 0.717) is 6.42 Å². The number of methoxy groups -OCH3 is 1. The number of hydrogen-bond donors (Lipinski definition) is 4. The van der Waals surface area contributed by atoms with Gasteiger partial charge in [-0.05, 0) is 35.6 Å². The Hall–Kier alpha value is -2.98. The Morgan fingerprint density at radius 2 is 1.88 bits per heavy atom. The van der Waals surface area contributed by atoms with Crippen molar-refractivity contribution in [2.45, 2.75) is 30.3 Å². The molecule has 2 atom stereocenters. The molecule has 8 nitrogen and oxygen atoms in total. The zero-order valence-electron chi connectivity index (χ0n) is 17.9. The third-order valence-corrected chi connectivity index (χ3v) is 7.05. The van der Waals surface area contributed by atoms with Gasteiger partial charge in [-0.2, -0.15) is 0 Å². The summed E-state index contributed by atoms with van der Waals surface area (Å²) in [6.45, 7) is 1.99. The fraction of sp³-hybridized carbons (Fsp3) is 0.261. The minimum absolute atomic E-state index is 0.0739. The lowest BCUT2D eigenvalue weighted by Crippen LogP contribution is -2.39. The fourth-order valence-electron chi connectivity index (χ4n) is 3.89. The molecule has 1 fully saturated rings. The first-order chi connectivity index (χ1) is 15.4. The van der Waals surface area contributed by atoms with Crippen molar-refractivity contribution in [2.24, 2.45) is 0 Å². The highest BCUT2D eigenvalue weighted by molar-refractivity contribution is 7.89. The van der Waals surface area contributed by atoms with Gasteiger partial charge in [0.05, 0.1) is 7.11 Å². The Bertz CT molecular complexity index is 1240. The van der Waals surface area contributed by atoms with Crippen molar-refractivity contribution < 1.29 is 17.9 Å². The van der Waals surface area contributed by atoms with Crippen LogP contribution < -0.4 is 25.6 Å². The molecule has 0 radical (unpaired) electrons.